The number of nitrogens with zero attached hydrogens (tertiary/aromatic N) is 1. The molecule has 1 aliphatic rings. The quantitative estimate of drug-likeness (QED) is 0.593. The molecule has 31 heavy (non-hydrogen) atoms. The van der Waals surface area contributed by atoms with E-state index in [9.17, 15) is 9.59 Å². The first kappa shape index (κ1) is 22.2. The number of halogens is 1. The van der Waals surface area contributed by atoms with Crippen LogP contribution in [-0.2, 0) is 19.1 Å². The Hall–Kier alpha value is -3.51. The van der Waals surface area contributed by atoms with Gasteiger partial charge in [0.25, 0.3) is 0 Å². The molecule has 6 nitrogen and oxygen atoms in total. The van der Waals surface area contributed by atoms with E-state index in [1.807, 2.05) is 32.0 Å². The van der Waals surface area contributed by atoms with Crippen LogP contribution < -0.4 is 9.64 Å². The topological polar surface area (TPSA) is 65.1 Å². The van der Waals surface area contributed by atoms with Crippen LogP contribution in [0.3, 0.4) is 0 Å². The van der Waals surface area contributed by atoms with Gasteiger partial charge in [-0.25, -0.2) is 9.59 Å². The Labute approximate surface area is 186 Å². The predicted molar refractivity (Wildman–Crippen MR) is 119 cm³/mol. The van der Waals surface area contributed by atoms with Crippen LogP contribution in [0.15, 0.2) is 72.1 Å². The number of allylic oxidation sites excluding steroid dienone is 2. The zero-order valence-corrected chi connectivity index (χ0v) is 18.4. The Balaban J connectivity index is 2.01. The Morgan fingerprint density at radius 3 is 2.26 bits per heavy atom. The number of benzene rings is 2. The number of methoxy groups -OCH3 is 2. The molecule has 0 atom stereocenters. The highest BCUT2D eigenvalue weighted by Gasteiger charge is 2.27. The van der Waals surface area contributed by atoms with Gasteiger partial charge >= 0.3 is 11.9 Å². The Morgan fingerprint density at radius 1 is 0.903 bits per heavy atom. The molecule has 1 aliphatic heterocycles. The molecule has 1 heterocycles. The van der Waals surface area contributed by atoms with E-state index in [0.29, 0.717) is 22.2 Å². The largest absolute Gasteiger partial charge is 0.465 e. The van der Waals surface area contributed by atoms with Gasteiger partial charge < -0.3 is 19.1 Å². The van der Waals surface area contributed by atoms with Gasteiger partial charge in [-0.05, 0) is 55.8 Å². The standard InChI is InChI=1S/C24H22ClNO5/c1-15-8-10-20(16(2)13-15)31-21-11-9-17(14-19(21)25)26-12-6-5-7-18(23(27)29-3)22(26)24(28)30-4/h5-14H,1-4H3. The average molecular weight is 440 g/mol. The number of aryl methyl sites for hydroxylation is 2. The maximum atomic E-state index is 12.5. The summed E-state index contributed by atoms with van der Waals surface area (Å²) in [5, 5.41) is 0.340. The number of hydrogen-bond donors (Lipinski definition) is 0. The Bertz CT molecular complexity index is 1120. The highest BCUT2D eigenvalue weighted by Crippen LogP contribution is 2.36. The molecular weight excluding hydrogens is 418 g/mol. The third-order valence-electron chi connectivity index (χ3n) is 4.63. The van der Waals surface area contributed by atoms with Crippen LogP contribution in [0.4, 0.5) is 5.69 Å². The summed E-state index contributed by atoms with van der Waals surface area (Å²) in [6.07, 6.45) is 6.45. The van der Waals surface area contributed by atoms with Gasteiger partial charge in [-0.15, -0.1) is 0 Å². The van der Waals surface area contributed by atoms with Gasteiger partial charge in [0.1, 0.15) is 17.2 Å². The molecular formula is C24H22ClNO5. The molecule has 3 rings (SSSR count). The summed E-state index contributed by atoms with van der Waals surface area (Å²) in [6.45, 7) is 3.97. The number of esters is 2. The summed E-state index contributed by atoms with van der Waals surface area (Å²) in [7, 11) is 2.49. The second-order valence-corrected chi connectivity index (χ2v) is 7.21. The minimum Gasteiger partial charge on any atom is -0.465 e. The van der Waals surface area contributed by atoms with Crippen molar-refractivity contribution in [2.24, 2.45) is 0 Å². The number of carbonyl (C=O) groups excluding carboxylic acids is 2. The van der Waals surface area contributed by atoms with Crippen LogP contribution in [0.2, 0.25) is 5.02 Å². The summed E-state index contributed by atoms with van der Waals surface area (Å²) >= 11 is 6.50. The van der Waals surface area contributed by atoms with Crippen molar-refractivity contribution in [3.63, 3.8) is 0 Å². The van der Waals surface area contributed by atoms with E-state index in [-0.39, 0.29) is 11.3 Å². The van der Waals surface area contributed by atoms with E-state index in [1.54, 1.807) is 36.6 Å². The van der Waals surface area contributed by atoms with Crippen molar-refractivity contribution in [3.8, 4) is 11.5 Å². The number of ether oxygens (including phenoxy) is 3. The lowest BCUT2D eigenvalue weighted by atomic mass is 10.1. The molecule has 0 radical (unpaired) electrons. The number of rotatable bonds is 5. The predicted octanol–water partition coefficient (Wildman–Crippen LogP) is 5.24. The van der Waals surface area contributed by atoms with Crippen molar-refractivity contribution >= 4 is 29.2 Å². The van der Waals surface area contributed by atoms with Crippen LogP contribution >= 0.6 is 11.6 Å². The zero-order valence-electron chi connectivity index (χ0n) is 17.6. The fraction of sp³-hybridized carbons (Fsp3) is 0.167. The molecule has 0 fully saturated rings. The van der Waals surface area contributed by atoms with E-state index in [1.165, 1.54) is 25.2 Å². The minimum atomic E-state index is -0.691. The van der Waals surface area contributed by atoms with Crippen molar-refractivity contribution in [2.75, 3.05) is 19.1 Å². The van der Waals surface area contributed by atoms with Gasteiger partial charge in [0.2, 0.25) is 0 Å². The van der Waals surface area contributed by atoms with Crippen molar-refractivity contribution < 1.29 is 23.8 Å². The highest BCUT2D eigenvalue weighted by atomic mass is 35.5. The average Bonchev–Trinajstić information content (AvgIpc) is 2.98. The first-order valence-corrected chi connectivity index (χ1v) is 9.83. The highest BCUT2D eigenvalue weighted by molar-refractivity contribution is 6.32. The first-order chi connectivity index (χ1) is 14.8. The molecule has 0 saturated heterocycles. The smallest absolute Gasteiger partial charge is 0.355 e. The van der Waals surface area contributed by atoms with Crippen molar-refractivity contribution in [1.82, 2.24) is 0 Å². The van der Waals surface area contributed by atoms with Gasteiger partial charge in [0.15, 0.2) is 0 Å². The molecule has 2 aromatic carbocycles. The minimum absolute atomic E-state index is 0.0125. The molecule has 0 spiro atoms. The number of hydrogen-bond acceptors (Lipinski definition) is 6. The van der Waals surface area contributed by atoms with E-state index in [0.717, 1.165) is 11.1 Å². The monoisotopic (exact) mass is 439 g/mol. The van der Waals surface area contributed by atoms with Crippen LogP contribution in [0.5, 0.6) is 11.5 Å². The second kappa shape index (κ2) is 9.53. The molecule has 160 valence electrons. The summed E-state index contributed by atoms with van der Waals surface area (Å²) < 4.78 is 15.7. The van der Waals surface area contributed by atoms with Gasteiger partial charge in [0.05, 0.1) is 24.8 Å². The van der Waals surface area contributed by atoms with Gasteiger partial charge in [-0.3, -0.25) is 0 Å². The van der Waals surface area contributed by atoms with Crippen molar-refractivity contribution in [3.05, 3.63) is 88.2 Å². The maximum absolute atomic E-state index is 12.5. The molecule has 0 bridgehead atoms. The van der Waals surface area contributed by atoms with E-state index < -0.39 is 11.9 Å². The van der Waals surface area contributed by atoms with E-state index in [4.69, 9.17) is 25.8 Å². The fourth-order valence-corrected chi connectivity index (χ4v) is 3.33. The number of carbonyl (C=O) groups is 2. The second-order valence-electron chi connectivity index (χ2n) is 6.80. The van der Waals surface area contributed by atoms with Gasteiger partial charge in [0, 0.05) is 11.9 Å². The molecule has 2 aromatic rings. The molecule has 0 N–H and O–H groups in total. The normalized spacial score (nSPS) is 13.1. The Morgan fingerprint density at radius 2 is 1.61 bits per heavy atom. The number of anilines is 1. The molecule has 0 amide bonds. The third-order valence-corrected chi connectivity index (χ3v) is 4.93. The molecule has 0 aromatic heterocycles. The lowest BCUT2D eigenvalue weighted by molar-refractivity contribution is -0.139. The third kappa shape index (κ3) is 4.81. The fourth-order valence-electron chi connectivity index (χ4n) is 3.12. The molecule has 0 aliphatic carbocycles. The van der Waals surface area contributed by atoms with E-state index >= 15 is 0 Å². The summed E-state index contributed by atoms with van der Waals surface area (Å²) in [6, 6.07) is 11.0. The maximum Gasteiger partial charge on any atom is 0.355 e. The van der Waals surface area contributed by atoms with Gasteiger partial charge in [-0.1, -0.05) is 35.4 Å². The SMILES string of the molecule is COC(=O)C1=C(C(=O)OC)N(c2ccc(Oc3ccc(C)cc3C)c(Cl)c2)C=CC=C1. The lowest BCUT2D eigenvalue weighted by Gasteiger charge is -2.23. The summed E-state index contributed by atoms with van der Waals surface area (Å²) in [5.74, 6) is -0.192. The van der Waals surface area contributed by atoms with Crippen LogP contribution in [0.1, 0.15) is 11.1 Å². The van der Waals surface area contributed by atoms with Crippen LogP contribution in [0.25, 0.3) is 0 Å². The van der Waals surface area contributed by atoms with Crippen molar-refractivity contribution in [2.45, 2.75) is 13.8 Å². The van der Waals surface area contributed by atoms with Crippen molar-refractivity contribution in [1.29, 1.82) is 0 Å². The van der Waals surface area contributed by atoms with Gasteiger partial charge in [-0.2, -0.15) is 0 Å². The Kier molecular flexibility index (Phi) is 6.82. The molecule has 0 saturated carbocycles. The summed E-state index contributed by atoms with van der Waals surface area (Å²) in [4.78, 5) is 26.3. The zero-order chi connectivity index (χ0) is 22.5. The molecule has 7 heteroatoms. The first-order valence-electron chi connectivity index (χ1n) is 9.45. The molecule has 0 unspecified atom stereocenters. The van der Waals surface area contributed by atoms with E-state index in [2.05, 4.69) is 0 Å². The summed E-state index contributed by atoms with van der Waals surface area (Å²) in [5.41, 5.74) is 2.74. The van der Waals surface area contributed by atoms with Crippen LogP contribution in [0, 0.1) is 13.8 Å². The lowest BCUT2D eigenvalue weighted by Crippen LogP contribution is -2.26. The van der Waals surface area contributed by atoms with Crippen LogP contribution in [-0.4, -0.2) is 26.2 Å².